The zero-order valence-electron chi connectivity index (χ0n) is 16.7. The average Bonchev–Trinajstić information content (AvgIpc) is 2.89. The Kier molecular flexibility index (Phi) is 5.01. The van der Waals surface area contributed by atoms with Crippen LogP contribution in [0.15, 0.2) is 35.2 Å². The van der Waals surface area contributed by atoms with Gasteiger partial charge in [0, 0.05) is 27.7 Å². The van der Waals surface area contributed by atoms with Gasteiger partial charge in [-0.1, -0.05) is 18.2 Å². The van der Waals surface area contributed by atoms with Crippen LogP contribution in [0, 0.1) is 20.8 Å². The lowest BCUT2D eigenvalue weighted by atomic mass is 10.0. The molecule has 6 nitrogen and oxygen atoms in total. The van der Waals surface area contributed by atoms with Crippen molar-refractivity contribution in [2.24, 2.45) is 7.05 Å². The molecule has 0 bridgehead atoms. The van der Waals surface area contributed by atoms with Crippen LogP contribution in [-0.4, -0.2) is 36.4 Å². The maximum Gasteiger partial charge on any atom is 0.242 e. The number of nitrogens with one attached hydrogen (secondary N) is 1. The van der Waals surface area contributed by atoms with E-state index in [1.54, 1.807) is 12.1 Å². The zero-order chi connectivity index (χ0) is 19.9. The molecule has 0 aliphatic rings. The first-order valence-electron chi connectivity index (χ1n) is 8.81. The molecule has 1 N–H and O–H groups in total. The summed E-state index contributed by atoms with van der Waals surface area (Å²) in [6, 6.07) is 9.57. The predicted molar refractivity (Wildman–Crippen MR) is 110 cm³/mol. The summed E-state index contributed by atoms with van der Waals surface area (Å²) in [6.07, 6.45) is 0. The van der Waals surface area contributed by atoms with E-state index in [1.807, 2.05) is 24.6 Å². The first-order valence-corrected chi connectivity index (χ1v) is 10.3. The van der Waals surface area contributed by atoms with Crippen LogP contribution in [0.1, 0.15) is 22.5 Å². The lowest BCUT2D eigenvalue weighted by Crippen LogP contribution is -2.22. The van der Waals surface area contributed by atoms with Crippen LogP contribution < -0.4 is 5.32 Å². The Morgan fingerprint density at radius 3 is 2.33 bits per heavy atom. The molecule has 0 atom stereocenters. The third kappa shape index (κ3) is 3.44. The number of imidazole rings is 1. The molecule has 0 aliphatic heterocycles. The molecule has 1 heterocycles. The van der Waals surface area contributed by atoms with Crippen molar-refractivity contribution in [1.82, 2.24) is 13.9 Å². The summed E-state index contributed by atoms with van der Waals surface area (Å²) in [7, 11) is 1.43. The normalized spacial score (nSPS) is 12.1. The van der Waals surface area contributed by atoms with E-state index < -0.39 is 10.0 Å². The molecule has 7 heteroatoms. The fourth-order valence-electron chi connectivity index (χ4n) is 3.18. The standard InChI is InChI=1S/C20H26N4O2S/c1-13-8-7-9-14(2)17(13)12-21-18-10-16(27(25,26)23(4)5)11-19-20(18)22-15(3)24(19)6/h7-11,21H,12H2,1-6H3. The van der Waals surface area contributed by atoms with E-state index in [9.17, 15) is 8.42 Å². The largest absolute Gasteiger partial charge is 0.379 e. The van der Waals surface area contributed by atoms with Gasteiger partial charge in [0.15, 0.2) is 0 Å². The molecule has 1 aromatic heterocycles. The second-order valence-corrected chi connectivity index (χ2v) is 9.22. The number of fused-ring (bicyclic) bond motifs is 1. The van der Waals surface area contributed by atoms with Crippen molar-refractivity contribution in [2.45, 2.75) is 32.2 Å². The fourth-order valence-corrected chi connectivity index (χ4v) is 4.13. The molecular formula is C20H26N4O2S. The van der Waals surface area contributed by atoms with Crippen LogP contribution >= 0.6 is 0 Å². The first kappa shape index (κ1) is 19.4. The molecule has 27 heavy (non-hydrogen) atoms. The third-order valence-corrected chi connectivity index (χ3v) is 6.86. The smallest absolute Gasteiger partial charge is 0.242 e. The van der Waals surface area contributed by atoms with Crippen LogP contribution in [0.4, 0.5) is 5.69 Å². The van der Waals surface area contributed by atoms with Crippen molar-refractivity contribution in [3.63, 3.8) is 0 Å². The molecule has 0 saturated carbocycles. The second kappa shape index (κ2) is 6.98. The topological polar surface area (TPSA) is 67.2 Å². The van der Waals surface area contributed by atoms with E-state index >= 15 is 0 Å². The van der Waals surface area contributed by atoms with Gasteiger partial charge >= 0.3 is 0 Å². The van der Waals surface area contributed by atoms with Crippen LogP contribution in [-0.2, 0) is 23.6 Å². The van der Waals surface area contributed by atoms with Crippen molar-refractivity contribution in [3.05, 3.63) is 52.8 Å². The Morgan fingerprint density at radius 2 is 1.74 bits per heavy atom. The molecule has 0 fully saturated rings. The first-order chi connectivity index (χ1) is 12.6. The number of aromatic nitrogens is 2. The molecule has 3 rings (SSSR count). The SMILES string of the molecule is Cc1cccc(C)c1CNc1cc(S(=O)(=O)N(C)C)cc2c1nc(C)n2C. The minimum absolute atomic E-state index is 0.256. The van der Waals surface area contributed by atoms with Gasteiger partial charge in [-0.3, -0.25) is 0 Å². The van der Waals surface area contributed by atoms with Gasteiger partial charge in [-0.15, -0.1) is 0 Å². The van der Waals surface area contributed by atoms with Crippen LogP contribution in [0.3, 0.4) is 0 Å². The maximum absolute atomic E-state index is 12.7. The van der Waals surface area contributed by atoms with E-state index in [2.05, 4.69) is 36.3 Å². The molecule has 0 aliphatic carbocycles. The molecule has 144 valence electrons. The Bertz CT molecular complexity index is 1090. The molecule has 0 unspecified atom stereocenters. The number of benzene rings is 2. The Morgan fingerprint density at radius 1 is 1.11 bits per heavy atom. The van der Waals surface area contributed by atoms with Gasteiger partial charge in [0.1, 0.15) is 11.3 Å². The van der Waals surface area contributed by atoms with Crippen molar-refractivity contribution in [1.29, 1.82) is 0 Å². The average molecular weight is 387 g/mol. The monoisotopic (exact) mass is 386 g/mol. The van der Waals surface area contributed by atoms with Gasteiger partial charge in [0.05, 0.1) is 16.1 Å². The minimum atomic E-state index is -3.55. The second-order valence-electron chi connectivity index (χ2n) is 7.07. The highest BCUT2D eigenvalue weighted by atomic mass is 32.2. The van der Waals surface area contributed by atoms with Crippen molar-refractivity contribution in [2.75, 3.05) is 19.4 Å². The molecular weight excluding hydrogens is 360 g/mol. The highest BCUT2D eigenvalue weighted by Gasteiger charge is 2.21. The lowest BCUT2D eigenvalue weighted by molar-refractivity contribution is 0.521. The van der Waals surface area contributed by atoms with E-state index in [-0.39, 0.29) is 4.90 Å². The van der Waals surface area contributed by atoms with E-state index in [0.29, 0.717) is 6.54 Å². The van der Waals surface area contributed by atoms with E-state index in [0.717, 1.165) is 22.5 Å². The van der Waals surface area contributed by atoms with Crippen molar-refractivity contribution >= 4 is 26.7 Å². The zero-order valence-corrected chi connectivity index (χ0v) is 17.5. The summed E-state index contributed by atoms with van der Waals surface area (Å²) in [5, 5.41) is 3.42. The molecule has 0 saturated heterocycles. The van der Waals surface area contributed by atoms with Gasteiger partial charge in [-0.05, 0) is 49.6 Å². The third-order valence-electron chi connectivity index (χ3n) is 5.06. The molecule has 2 aromatic carbocycles. The Hall–Kier alpha value is -2.38. The van der Waals surface area contributed by atoms with Crippen LogP contribution in [0.5, 0.6) is 0 Å². The quantitative estimate of drug-likeness (QED) is 0.730. The number of sulfonamides is 1. The molecule has 0 radical (unpaired) electrons. The highest BCUT2D eigenvalue weighted by Crippen LogP contribution is 2.29. The summed E-state index contributed by atoms with van der Waals surface area (Å²) in [5.41, 5.74) is 5.90. The van der Waals surface area contributed by atoms with Gasteiger partial charge in [0.25, 0.3) is 0 Å². The van der Waals surface area contributed by atoms with E-state index in [4.69, 9.17) is 0 Å². The molecule has 0 amide bonds. The number of aryl methyl sites for hydroxylation is 4. The van der Waals surface area contributed by atoms with Crippen LogP contribution in [0.2, 0.25) is 0 Å². The Labute approximate surface area is 160 Å². The predicted octanol–water partition coefficient (Wildman–Crippen LogP) is 3.36. The molecule has 3 aromatic rings. The number of rotatable bonds is 5. The van der Waals surface area contributed by atoms with Crippen molar-refractivity contribution < 1.29 is 8.42 Å². The summed E-state index contributed by atoms with van der Waals surface area (Å²) in [6.45, 7) is 6.68. The van der Waals surface area contributed by atoms with Crippen molar-refractivity contribution in [3.8, 4) is 0 Å². The van der Waals surface area contributed by atoms with Gasteiger partial charge in [-0.25, -0.2) is 17.7 Å². The fraction of sp³-hybridized carbons (Fsp3) is 0.350. The summed E-state index contributed by atoms with van der Waals surface area (Å²) < 4.78 is 28.5. The van der Waals surface area contributed by atoms with E-state index in [1.165, 1.54) is 35.1 Å². The van der Waals surface area contributed by atoms with Gasteiger partial charge in [-0.2, -0.15) is 0 Å². The summed E-state index contributed by atoms with van der Waals surface area (Å²) in [5.74, 6) is 0.833. The summed E-state index contributed by atoms with van der Waals surface area (Å²) in [4.78, 5) is 4.89. The molecule has 0 spiro atoms. The number of hydrogen-bond donors (Lipinski definition) is 1. The van der Waals surface area contributed by atoms with Gasteiger partial charge < -0.3 is 9.88 Å². The summed E-state index contributed by atoms with van der Waals surface area (Å²) >= 11 is 0. The van der Waals surface area contributed by atoms with Crippen LogP contribution in [0.25, 0.3) is 11.0 Å². The Balaban J connectivity index is 2.12. The number of anilines is 1. The van der Waals surface area contributed by atoms with Gasteiger partial charge in [0.2, 0.25) is 10.0 Å². The number of nitrogens with zero attached hydrogens (tertiary/aromatic N) is 3. The lowest BCUT2D eigenvalue weighted by Gasteiger charge is -2.16. The number of hydrogen-bond acceptors (Lipinski definition) is 4. The highest BCUT2D eigenvalue weighted by molar-refractivity contribution is 7.89. The minimum Gasteiger partial charge on any atom is -0.379 e. The maximum atomic E-state index is 12.7.